The Bertz CT molecular complexity index is 820. The van der Waals surface area contributed by atoms with E-state index >= 15 is 0 Å². The predicted octanol–water partition coefficient (Wildman–Crippen LogP) is 3.11. The van der Waals surface area contributed by atoms with Crippen LogP contribution >= 0.6 is 23.2 Å². The first-order valence-corrected chi connectivity index (χ1v) is 8.59. The van der Waals surface area contributed by atoms with Gasteiger partial charge in [0.1, 0.15) is 5.84 Å². The maximum atomic E-state index is 6.19. The minimum Gasteiger partial charge on any atom is -0.353 e. The van der Waals surface area contributed by atoms with Crippen molar-refractivity contribution in [2.24, 2.45) is 12.0 Å². The molecular formula is C16H18Cl2N6. The Morgan fingerprint density at radius 3 is 2.50 bits per heavy atom. The molecule has 0 saturated carbocycles. The number of hydrogen-bond donors (Lipinski definition) is 1. The van der Waals surface area contributed by atoms with E-state index in [4.69, 9.17) is 28.2 Å². The van der Waals surface area contributed by atoms with E-state index in [0.717, 1.165) is 54.8 Å². The number of likely N-dealkylation sites (N-methyl/N-ethyl adjacent to an activating group) is 1. The average Bonchev–Trinajstić information content (AvgIpc) is 2.84. The van der Waals surface area contributed by atoms with Crippen molar-refractivity contribution in [1.29, 1.82) is 0 Å². The number of aryl methyl sites for hydroxylation is 1. The lowest BCUT2D eigenvalue weighted by Crippen LogP contribution is -2.47. The Hall–Kier alpha value is -1.76. The zero-order valence-electron chi connectivity index (χ0n) is 13.6. The fourth-order valence-corrected chi connectivity index (χ4v) is 3.36. The van der Waals surface area contributed by atoms with Gasteiger partial charge in [0.25, 0.3) is 0 Å². The Labute approximate surface area is 150 Å². The first-order chi connectivity index (χ1) is 11.5. The van der Waals surface area contributed by atoms with Crippen LogP contribution in [0.25, 0.3) is 0 Å². The molecule has 0 unspecified atom stereocenters. The van der Waals surface area contributed by atoms with Gasteiger partial charge in [0.05, 0.1) is 27.0 Å². The number of aliphatic imine (C=N–C) groups is 1. The Morgan fingerprint density at radius 1 is 1.04 bits per heavy atom. The molecule has 3 heterocycles. The van der Waals surface area contributed by atoms with Crippen molar-refractivity contribution < 1.29 is 0 Å². The molecule has 2 aliphatic heterocycles. The average molecular weight is 365 g/mol. The van der Waals surface area contributed by atoms with E-state index in [2.05, 4.69) is 27.3 Å². The van der Waals surface area contributed by atoms with Gasteiger partial charge < -0.3 is 15.1 Å². The summed E-state index contributed by atoms with van der Waals surface area (Å²) in [4.78, 5) is 9.54. The molecule has 126 valence electrons. The van der Waals surface area contributed by atoms with Crippen LogP contribution in [0.4, 0.5) is 17.2 Å². The molecule has 24 heavy (non-hydrogen) atoms. The number of aromatic nitrogens is 2. The van der Waals surface area contributed by atoms with Crippen molar-refractivity contribution >= 4 is 46.2 Å². The van der Waals surface area contributed by atoms with Crippen LogP contribution in [0.1, 0.15) is 5.56 Å². The number of rotatable bonds is 0. The van der Waals surface area contributed by atoms with Crippen molar-refractivity contribution in [3.8, 4) is 0 Å². The van der Waals surface area contributed by atoms with Crippen LogP contribution in [0.15, 0.2) is 23.3 Å². The van der Waals surface area contributed by atoms with Gasteiger partial charge in [0.15, 0.2) is 5.82 Å². The fraction of sp³-hybridized carbons (Fsp3) is 0.375. The van der Waals surface area contributed by atoms with E-state index in [-0.39, 0.29) is 0 Å². The largest absolute Gasteiger partial charge is 0.353 e. The van der Waals surface area contributed by atoms with Crippen LogP contribution in [-0.2, 0) is 7.05 Å². The lowest BCUT2D eigenvalue weighted by atomic mass is 10.2. The second-order valence-electron chi connectivity index (χ2n) is 6.20. The van der Waals surface area contributed by atoms with Gasteiger partial charge in [-0.3, -0.25) is 4.68 Å². The number of piperazine rings is 1. The molecule has 1 N–H and O–H groups in total. The van der Waals surface area contributed by atoms with Crippen LogP contribution < -0.4 is 5.32 Å². The van der Waals surface area contributed by atoms with Crippen molar-refractivity contribution in [3.05, 3.63) is 33.9 Å². The van der Waals surface area contributed by atoms with Gasteiger partial charge in [-0.25, -0.2) is 4.99 Å². The van der Waals surface area contributed by atoms with Gasteiger partial charge in [0, 0.05) is 39.4 Å². The molecule has 1 saturated heterocycles. The first kappa shape index (κ1) is 15.7. The summed E-state index contributed by atoms with van der Waals surface area (Å²) in [6, 6.07) is 3.60. The molecule has 4 rings (SSSR count). The second-order valence-corrected chi connectivity index (χ2v) is 7.01. The molecule has 2 aliphatic rings. The summed E-state index contributed by atoms with van der Waals surface area (Å²) in [6.07, 6.45) is 1.99. The molecule has 0 bridgehead atoms. The number of benzene rings is 1. The lowest BCUT2D eigenvalue weighted by Gasteiger charge is -2.34. The molecule has 1 aromatic heterocycles. The molecule has 0 aliphatic carbocycles. The summed E-state index contributed by atoms with van der Waals surface area (Å²) in [6.45, 7) is 3.88. The molecule has 8 heteroatoms. The fourth-order valence-electron chi connectivity index (χ4n) is 3.03. The van der Waals surface area contributed by atoms with Gasteiger partial charge in [-0.1, -0.05) is 23.2 Å². The third kappa shape index (κ3) is 2.75. The third-order valence-corrected chi connectivity index (χ3v) is 5.11. The highest BCUT2D eigenvalue weighted by Gasteiger charge is 2.26. The summed E-state index contributed by atoms with van der Waals surface area (Å²) < 4.78 is 1.80. The molecule has 0 atom stereocenters. The summed E-state index contributed by atoms with van der Waals surface area (Å²) in [5, 5.41) is 8.87. The lowest BCUT2D eigenvalue weighted by molar-refractivity contribution is 0.216. The predicted molar refractivity (Wildman–Crippen MR) is 98.2 cm³/mol. The number of halogens is 2. The van der Waals surface area contributed by atoms with E-state index in [1.165, 1.54) is 0 Å². The number of nitrogens with zero attached hydrogens (tertiary/aromatic N) is 5. The number of nitrogens with one attached hydrogen (secondary N) is 1. The minimum absolute atomic E-state index is 0.499. The number of amidine groups is 1. The topological polar surface area (TPSA) is 48.7 Å². The molecule has 0 radical (unpaired) electrons. The Morgan fingerprint density at radius 2 is 1.75 bits per heavy atom. The smallest absolute Gasteiger partial charge is 0.163 e. The summed E-state index contributed by atoms with van der Waals surface area (Å²) in [5.74, 6) is 1.71. The Balaban J connectivity index is 1.84. The van der Waals surface area contributed by atoms with Gasteiger partial charge in [-0.15, -0.1) is 0 Å². The maximum Gasteiger partial charge on any atom is 0.163 e. The van der Waals surface area contributed by atoms with E-state index in [0.29, 0.717) is 10.0 Å². The van der Waals surface area contributed by atoms with Crippen LogP contribution in [0.3, 0.4) is 0 Å². The highest BCUT2D eigenvalue weighted by atomic mass is 35.5. The van der Waals surface area contributed by atoms with Gasteiger partial charge in [-0.05, 0) is 19.2 Å². The SMILES string of the molecule is CN1CCN(C2=Nc3cc(Cl)c(Cl)cc3Nc3nn(C)cc32)CC1. The number of anilines is 2. The molecule has 1 aromatic carbocycles. The van der Waals surface area contributed by atoms with Crippen molar-refractivity contribution in [1.82, 2.24) is 19.6 Å². The Kier molecular flexibility index (Phi) is 3.90. The third-order valence-electron chi connectivity index (χ3n) is 4.39. The number of hydrogen-bond acceptors (Lipinski definition) is 5. The van der Waals surface area contributed by atoms with E-state index in [1.54, 1.807) is 16.8 Å². The first-order valence-electron chi connectivity index (χ1n) is 7.83. The van der Waals surface area contributed by atoms with E-state index < -0.39 is 0 Å². The van der Waals surface area contributed by atoms with Gasteiger partial charge in [-0.2, -0.15) is 5.10 Å². The number of fused-ring (bicyclic) bond motifs is 2. The summed E-state index contributed by atoms with van der Waals surface area (Å²) >= 11 is 12.4. The monoisotopic (exact) mass is 364 g/mol. The molecular weight excluding hydrogens is 347 g/mol. The zero-order chi connectivity index (χ0) is 16.8. The molecule has 0 amide bonds. The molecule has 2 aromatic rings. The van der Waals surface area contributed by atoms with Crippen LogP contribution in [0, 0.1) is 0 Å². The van der Waals surface area contributed by atoms with Crippen molar-refractivity contribution in [3.63, 3.8) is 0 Å². The van der Waals surface area contributed by atoms with Crippen LogP contribution in [-0.4, -0.2) is 58.6 Å². The molecule has 6 nitrogen and oxygen atoms in total. The summed E-state index contributed by atoms with van der Waals surface area (Å²) in [7, 11) is 4.05. The molecule has 1 fully saturated rings. The standard InChI is InChI=1S/C16H18Cl2N6/c1-22-3-5-24(6-4-22)16-10-9-23(2)21-15(10)19-13-7-11(17)12(18)8-14(13)20-16/h7-9H,3-6H2,1-2H3,(H,19,21). The zero-order valence-corrected chi connectivity index (χ0v) is 15.1. The highest BCUT2D eigenvalue weighted by Crippen LogP contribution is 2.39. The summed E-state index contributed by atoms with van der Waals surface area (Å²) in [5.41, 5.74) is 2.58. The van der Waals surface area contributed by atoms with Gasteiger partial charge >= 0.3 is 0 Å². The maximum absolute atomic E-state index is 6.19. The van der Waals surface area contributed by atoms with Crippen LogP contribution in [0.5, 0.6) is 0 Å². The van der Waals surface area contributed by atoms with E-state index in [9.17, 15) is 0 Å². The van der Waals surface area contributed by atoms with Crippen LogP contribution in [0.2, 0.25) is 10.0 Å². The normalized spacial score (nSPS) is 17.7. The van der Waals surface area contributed by atoms with E-state index in [1.807, 2.05) is 13.2 Å². The molecule has 0 spiro atoms. The van der Waals surface area contributed by atoms with Gasteiger partial charge in [0.2, 0.25) is 0 Å². The highest BCUT2D eigenvalue weighted by molar-refractivity contribution is 6.42. The quantitative estimate of drug-likeness (QED) is 0.780. The second kappa shape index (κ2) is 5.95. The van der Waals surface area contributed by atoms with Crippen molar-refractivity contribution in [2.75, 3.05) is 38.5 Å². The minimum atomic E-state index is 0.499. The van der Waals surface area contributed by atoms with Crippen molar-refractivity contribution in [2.45, 2.75) is 0 Å².